The molecule has 132 valence electrons. The minimum atomic E-state index is -0.430. The molecular weight excluding hydrogens is 314 g/mol. The number of aliphatic hydroxyl groups excluding tert-OH is 1. The highest BCUT2D eigenvalue weighted by atomic mass is 16.5. The van der Waals surface area contributed by atoms with Crippen molar-refractivity contribution < 1.29 is 14.6 Å². The lowest BCUT2D eigenvalue weighted by molar-refractivity contribution is -0.118. The van der Waals surface area contributed by atoms with Crippen molar-refractivity contribution in [3.05, 3.63) is 59.2 Å². The van der Waals surface area contributed by atoms with E-state index < -0.39 is 6.10 Å². The van der Waals surface area contributed by atoms with E-state index >= 15 is 0 Å². The molecule has 0 saturated carbocycles. The number of amides is 1. The molecule has 0 aromatic heterocycles. The average molecular weight is 339 g/mol. The van der Waals surface area contributed by atoms with Crippen LogP contribution in [-0.2, 0) is 11.2 Å². The number of aliphatic hydroxyl groups is 1. The molecule has 4 heteroatoms. The second-order valence-corrected chi connectivity index (χ2v) is 6.85. The van der Waals surface area contributed by atoms with Gasteiger partial charge in [0.15, 0.2) is 6.61 Å². The van der Waals surface area contributed by atoms with E-state index in [0.29, 0.717) is 11.7 Å². The number of rotatable bonds is 5. The van der Waals surface area contributed by atoms with Gasteiger partial charge in [-0.05, 0) is 60.1 Å². The topological polar surface area (TPSA) is 58.6 Å². The number of benzene rings is 2. The van der Waals surface area contributed by atoms with Gasteiger partial charge in [-0.3, -0.25) is 4.79 Å². The summed E-state index contributed by atoms with van der Waals surface area (Å²) in [6, 6.07) is 13.5. The molecule has 2 aromatic carbocycles. The van der Waals surface area contributed by atoms with Gasteiger partial charge < -0.3 is 15.2 Å². The Morgan fingerprint density at radius 1 is 1.24 bits per heavy atom. The molecule has 25 heavy (non-hydrogen) atoms. The van der Waals surface area contributed by atoms with Gasteiger partial charge in [-0.2, -0.15) is 0 Å². The lowest BCUT2D eigenvalue weighted by Gasteiger charge is -2.23. The summed E-state index contributed by atoms with van der Waals surface area (Å²) in [7, 11) is 0. The fourth-order valence-electron chi connectivity index (χ4n) is 3.22. The molecule has 1 atom stereocenters. The molecule has 0 aliphatic heterocycles. The van der Waals surface area contributed by atoms with Gasteiger partial charge in [0.25, 0.3) is 5.91 Å². The van der Waals surface area contributed by atoms with Crippen LogP contribution in [0.15, 0.2) is 42.5 Å². The monoisotopic (exact) mass is 339 g/mol. The third kappa shape index (κ3) is 4.20. The summed E-state index contributed by atoms with van der Waals surface area (Å²) in [4.78, 5) is 12.2. The molecule has 0 radical (unpaired) electrons. The Hall–Kier alpha value is -2.33. The zero-order chi connectivity index (χ0) is 17.8. The smallest absolute Gasteiger partial charge is 0.262 e. The van der Waals surface area contributed by atoms with Gasteiger partial charge in [0.05, 0.1) is 6.10 Å². The molecule has 0 spiro atoms. The molecule has 2 N–H and O–H groups in total. The highest BCUT2D eigenvalue weighted by Gasteiger charge is 2.21. The molecule has 0 bridgehead atoms. The molecular formula is C21H25NO3. The van der Waals surface area contributed by atoms with Gasteiger partial charge in [0.2, 0.25) is 0 Å². The van der Waals surface area contributed by atoms with Crippen LogP contribution < -0.4 is 10.1 Å². The third-order valence-electron chi connectivity index (χ3n) is 4.65. The first-order valence-corrected chi connectivity index (χ1v) is 8.87. The van der Waals surface area contributed by atoms with E-state index in [4.69, 9.17) is 4.74 Å². The first kappa shape index (κ1) is 17.5. The lowest BCUT2D eigenvalue weighted by atomic mass is 9.89. The van der Waals surface area contributed by atoms with Crippen molar-refractivity contribution in [2.45, 2.75) is 45.1 Å². The molecule has 3 rings (SSSR count). The zero-order valence-electron chi connectivity index (χ0n) is 14.8. The Morgan fingerprint density at radius 3 is 2.72 bits per heavy atom. The quantitative estimate of drug-likeness (QED) is 0.858. The SMILES string of the molecule is CC(C)c1ccc(NC(=O)COc2cccc3c2CCCC3O)cc1. The normalized spacial score (nSPS) is 16.4. The third-order valence-corrected chi connectivity index (χ3v) is 4.65. The van der Waals surface area contributed by atoms with Crippen LogP contribution in [0.4, 0.5) is 5.69 Å². The van der Waals surface area contributed by atoms with Crippen LogP contribution in [0, 0.1) is 0 Å². The maximum absolute atomic E-state index is 12.2. The van der Waals surface area contributed by atoms with Gasteiger partial charge in [0.1, 0.15) is 5.75 Å². The second kappa shape index (κ2) is 7.70. The van der Waals surface area contributed by atoms with E-state index in [1.165, 1.54) is 5.56 Å². The Labute approximate surface area is 148 Å². The predicted molar refractivity (Wildman–Crippen MR) is 99.0 cm³/mol. The van der Waals surface area contributed by atoms with Crippen molar-refractivity contribution in [1.29, 1.82) is 0 Å². The summed E-state index contributed by atoms with van der Waals surface area (Å²) >= 11 is 0. The Kier molecular flexibility index (Phi) is 5.39. The molecule has 0 fully saturated rings. The largest absolute Gasteiger partial charge is 0.483 e. The number of hydrogen-bond acceptors (Lipinski definition) is 3. The van der Waals surface area contributed by atoms with E-state index in [1.807, 2.05) is 42.5 Å². The lowest BCUT2D eigenvalue weighted by Crippen LogP contribution is -2.21. The summed E-state index contributed by atoms with van der Waals surface area (Å²) in [6.45, 7) is 4.23. The minimum Gasteiger partial charge on any atom is -0.483 e. The van der Waals surface area contributed by atoms with Crippen LogP contribution in [0.25, 0.3) is 0 Å². The Morgan fingerprint density at radius 2 is 2.00 bits per heavy atom. The molecule has 0 heterocycles. The molecule has 1 amide bonds. The number of nitrogens with one attached hydrogen (secondary N) is 1. The zero-order valence-corrected chi connectivity index (χ0v) is 14.8. The average Bonchev–Trinajstić information content (AvgIpc) is 2.61. The Balaban J connectivity index is 1.60. The fourth-order valence-corrected chi connectivity index (χ4v) is 3.22. The van der Waals surface area contributed by atoms with Crippen LogP contribution in [0.2, 0.25) is 0 Å². The van der Waals surface area contributed by atoms with E-state index in [1.54, 1.807) is 0 Å². The molecule has 0 saturated heterocycles. The first-order chi connectivity index (χ1) is 12.0. The molecule has 4 nitrogen and oxygen atoms in total. The van der Waals surface area contributed by atoms with Crippen LogP contribution in [0.5, 0.6) is 5.75 Å². The minimum absolute atomic E-state index is 0.0432. The summed E-state index contributed by atoms with van der Waals surface area (Å²) in [5, 5.41) is 12.9. The molecule has 1 aliphatic carbocycles. The van der Waals surface area contributed by atoms with Crippen molar-refractivity contribution in [2.24, 2.45) is 0 Å². The van der Waals surface area contributed by atoms with E-state index in [9.17, 15) is 9.90 Å². The van der Waals surface area contributed by atoms with Crippen molar-refractivity contribution in [3.8, 4) is 5.75 Å². The van der Waals surface area contributed by atoms with Gasteiger partial charge in [-0.15, -0.1) is 0 Å². The van der Waals surface area contributed by atoms with Crippen molar-refractivity contribution in [3.63, 3.8) is 0 Å². The molecule has 1 unspecified atom stereocenters. The van der Waals surface area contributed by atoms with Crippen LogP contribution in [0.1, 0.15) is 55.4 Å². The van der Waals surface area contributed by atoms with Crippen molar-refractivity contribution in [2.75, 3.05) is 11.9 Å². The maximum Gasteiger partial charge on any atom is 0.262 e. The number of ether oxygens (including phenoxy) is 1. The van der Waals surface area contributed by atoms with Crippen molar-refractivity contribution in [1.82, 2.24) is 0 Å². The molecule has 1 aliphatic rings. The number of anilines is 1. The van der Waals surface area contributed by atoms with E-state index in [0.717, 1.165) is 36.1 Å². The highest BCUT2D eigenvalue weighted by molar-refractivity contribution is 5.91. The Bertz CT molecular complexity index is 737. The fraction of sp³-hybridized carbons (Fsp3) is 0.381. The summed E-state index contributed by atoms with van der Waals surface area (Å²) < 4.78 is 5.73. The van der Waals surface area contributed by atoms with Gasteiger partial charge in [0, 0.05) is 5.69 Å². The summed E-state index contributed by atoms with van der Waals surface area (Å²) in [6.07, 6.45) is 2.16. The van der Waals surface area contributed by atoms with Gasteiger partial charge in [-0.25, -0.2) is 0 Å². The van der Waals surface area contributed by atoms with Crippen LogP contribution >= 0.6 is 0 Å². The maximum atomic E-state index is 12.2. The standard InChI is InChI=1S/C21H25NO3/c1-14(2)15-9-11-16(12-10-15)22-21(24)13-25-20-8-4-5-17-18(20)6-3-7-19(17)23/h4-5,8-12,14,19,23H,3,6-7,13H2,1-2H3,(H,22,24). The van der Waals surface area contributed by atoms with Crippen LogP contribution in [0.3, 0.4) is 0 Å². The van der Waals surface area contributed by atoms with Crippen molar-refractivity contribution >= 4 is 11.6 Å². The van der Waals surface area contributed by atoms with Crippen LogP contribution in [-0.4, -0.2) is 17.6 Å². The second-order valence-electron chi connectivity index (χ2n) is 6.85. The summed E-state index contributed by atoms with van der Waals surface area (Å²) in [5.41, 5.74) is 3.95. The first-order valence-electron chi connectivity index (χ1n) is 8.87. The highest BCUT2D eigenvalue weighted by Crippen LogP contribution is 2.35. The number of carbonyl (C=O) groups excluding carboxylic acids is 1. The predicted octanol–water partition coefficient (Wildman–Crippen LogP) is 4.20. The van der Waals surface area contributed by atoms with E-state index in [2.05, 4.69) is 19.2 Å². The number of hydrogen-bond donors (Lipinski definition) is 2. The van der Waals surface area contributed by atoms with Gasteiger partial charge in [-0.1, -0.05) is 38.1 Å². The van der Waals surface area contributed by atoms with Gasteiger partial charge >= 0.3 is 0 Å². The number of fused-ring (bicyclic) bond motifs is 1. The number of carbonyl (C=O) groups is 1. The summed E-state index contributed by atoms with van der Waals surface area (Å²) in [5.74, 6) is 0.973. The molecule has 2 aromatic rings. The van der Waals surface area contributed by atoms with E-state index in [-0.39, 0.29) is 12.5 Å².